The molecule has 132 valence electrons. The van der Waals surface area contributed by atoms with Gasteiger partial charge < -0.3 is 4.90 Å². The van der Waals surface area contributed by atoms with E-state index < -0.39 is 0 Å². The Morgan fingerprint density at radius 1 is 1.16 bits per heavy atom. The molecule has 1 atom stereocenters. The summed E-state index contributed by atoms with van der Waals surface area (Å²) >= 11 is 0. The molecule has 4 rings (SSSR count). The predicted octanol–water partition coefficient (Wildman–Crippen LogP) is 2.40. The van der Waals surface area contributed by atoms with E-state index >= 15 is 0 Å². The highest BCUT2D eigenvalue weighted by Gasteiger charge is 2.50. The average Bonchev–Trinajstić information content (AvgIpc) is 3.15. The summed E-state index contributed by atoms with van der Waals surface area (Å²) in [5, 5.41) is 4.26. The van der Waals surface area contributed by atoms with Crippen LogP contribution in [0.15, 0.2) is 42.7 Å². The summed E-state index contributed by atoms with van der Waals surface area (Å²) in [6, 6.07) is 10.3. The molecule has 1 aromatic heterocycles. The van der Waals surface area contributed by atoms with Crippen molar-refractivity contribution in [3.05, 3.63) is 53.9 Å². The molecule has 3 heterocycles. The smallest absolute Gasteiger partial charge is 0.230 e. The Kier molecular flexibility index (Phi) is 4.12. The Bertz CT molecular complexity index is 746. The molecule has 1 spiro atoms. The summed E-state index contributed by atoms with van der Waals surface area (Å²) in [7, 11) is 3.96. The van der Waals surface area contributed by atoms with Crippen LogP contribution in [0.2, 0.25) is 0 Å². The zero-order chi connectivity index (χ0) is 17.4. The van der Waals surface area contributed by atoms with E-state index in [4.69, 9.17) is 0 Å². The monoisotopic (exact) mass is 338 g/mol. The third-order valence-electron chi connectivity index (χ3n) is 6.08. The Balaban J connectivity index is 1.44. The van der Waals surface area contributed by atoms with E-state index in [-0.39, 0.29) is 17.4 Å². The molecule has 2 aromatic rings. The van der Waals surface area contributed by atoms with Crippen LogP contribution in [0.5, 0.6) is 0 Å². The lowest BCUT2D eigenvalue weighted by molar-refractivity contribution is -0.131. The molecular formula is C20H26N4O. The molecule has 5 nitrogen and oxygen atoms in total. The van der Waals surface area contributed by atoms with Crippen LogP contribution in [0.25, 0.3) is 0 Å². The molecular weight excluding hydrogens is 312 g/mol. The topological polar surface area (TPSA) is 41.4 Å². The van der Waals surface area contributed by atoms with E-state index in [9.17, 15) is 4.79 Å². The van der Waals surface area contributed by atoms with Crippen molar-refractivity contribution in [3.8, 4) is 0 Å². The molecule has 0 bridgehead atoms. The average molecular weight is 338 g/mol. The van der Waals surface area contributed by atoms with Gasteiger partial charge in [-0.3, -0.25) is 14.4 Å². The maximum atomic E-state index is 12.9. The molecule has 2 aliphatic heterocycles. The molecule has 5 heteroatoms. The minimum Gasteiger partial charge on any atom is -0.339 e. The molecule has 1 aromatic carbocycles. The Morgan fingerprint density at radius 3 is 2.52 bits per heavy atom. The highest BCUT2D eigenvalue weighted by Crippen LogP contribution is 2.44. The van der Waals surface area contributed by atoms with Crippen LogP contribution in [0, 0.1) is 0 Å². The highest BCUT2D eigenvalue weighted by atomic mass is 16.2. The van der Waals surface area contributed by atoms with Gasteiger partial charge in [0.25, 0.3) is 0 Å². The third kappa shape index (κ3) is 2.97. The number of hydrogen-bond donors (Lipinski definition) is 0. The second-order valence-electron chi connectivity index (χ2n) is 7.59. The molecule has 2 aliphatic rings. The molecule has 0 saturated carbocycles. The van der Waals surface area contributed by atoms with E-state index in [0.29, 0.717) is 0 Å². The van der Waals surface area contributed by atoms with Gasteiger partial charge in [-0.15, -0.1) is 0 Å². The molecule has 2 fully saturated rings. The van der Waals surface area contributed by atoms with Gasteiger partial charge in [0.2, 0.25) is 5.91 Å². The number of aryl methyl sites for hydroxylation is 1. The molecule has 0 aliphatic carbocycles. The van der Waals surface area contributed by atoms with E-state index in [1.165, 1.54) is 5.56 Å². The first-order chi connectivity index (χ1) is 12.1. The fraction of sp³-hybridized carbons (Fsp3) is 0.500. The van der Waals surface area contributed by atoms with Gasteiger partial charge in [0, 0.05) is 51.0 Å². The summed E-state index contributed by atoms with van der Waals surface area (Å²) in [6.45, 7) is 3.02. The SMILES string of the molecule is CN1C(=O)[C@@H](c2ccccc2)CC12CCN(Cc1cnn(C)c1)CC2. The van der Waals surface area contributed by atoms with Crippen molar-refractivity contribution in [1.82, 2.24) is 19.6 Å². The summed E-state index contributed by atoms with van der Waals surface area (Å²) in [5.41, 5.74) is 2.45. The number of piperidine rings is 1. The maximum Gasteiger partial charge on any atom is 0.230 e. The van der Waals surface area contributed by atoms with Crippen molar-refractivity contribution in [2.24, 2.45) is 7.05 Å². The molecule has 0 radical (unpaired) electrons. The van der Waals surface area contributed by atoms with E-state index in [1.54, 1.807) is 0 Å². The zero-order valence-electron chi connectivity index (χ0n) is 15.1. The van der Waals surface area contributed by atoms with Crippen molar-refractivity contribution in [3.63, 3.8) is 0 Å². The minimum absolute atomic E-state index is 0.0241. The number of likely N-dealkylation sites (tertiary alicyclic amines) is 2. The van der Waals surface area contributed by atoms with Crippen molar-refractivity contribution in [2.75, 3.05) is 20.1 Å². The van der Waals surface area contributed by atoms with Crippen molar-refractivity contribution in [2.45, 2.75) is 37.3 Å². The van der Waals surface area contributed by atoms with Crippen LogP contribution >= 0.6 is 0 Å². The van der Waals surface area contributed by atoms with Gasteiger partial charge in [-0.05, 0) is 24.8 Å². The van der Waals surface area contributed by atoms with E-state index in [1.807, 2.05) is 48.1 Å². The molecule has 25 heavy (non-hydrogen) atoms. The number of amides is 1. The second-order valence-corrected chi connectivity index (χ2v) is 7.59. The second kappa shape index (κ2) is 6.30. The third-order valence-corrected chi connectivity index (χ3v) is 6.08. The number of likely N-dealkylation sites (N-methyl/N-ethyl adjacent to an activating group) is 1. The van der Waals surface area contributed by atoms with Crippen LogP contribution in [0.1, 0.15) is 36.3 Å². The van der Waals surface area contributed by atoms with Crippen LogP contribution in [0.3, 0.4) is 0 Å². The first-order valence-electron chi connectivity index (χ1n) is 9.10. The van der Waals surface area contributed by atoms with Gasteiger partial charge in [0.05, 0.1) is 12.1 Å². The lowest BCUT2D eigenvalue weighted by Gasteiger charge is -2.43. The zero-order valence-corrected chi connectivity index (χ0v) is 15.1. The first-order valence-corrected chi connectivity index (χ1v) is 9.10. The van der Waals surface area contributed by atoms with E-state index in [2.05, 4.69) is 28.3 Å². The number of benzene rings is 1. The highest BCUT2D eigenvalue weighted by molar-refractivity contribution is 5.87. The maximum absolute atomic E-state index is 12.9. The largest absolute Gasteiger partial charge is 0.339 e. The summed E-state index contributed by atoms with van der Waals surface area (Å²) in [5.74, 6) is 0.308. The van der Waals surface area contributed by atoms with Crippen LogP contribution in [-0.2, 0) is 18.4 Å². The quantitative estimate of drug-likeness (QED) is 0.863. The van der Waals surface area contributed by atoms with Gasteiger partial charge in [-0.2, -0.15) is 5.10 Å². The number of nitrogens with zero attached hydrogens (tertiary/aromatic N) is 4. The van der Waals surface area contributed by atoms with Gasteiger partial charge in [0.1, 0.15) is 0 Å². The fourth-order valence-corrected chi connectivity index (χ4v) is 4.50. The molecule has 1 amide bonds. The summed E-state index contributed by atoms with van der Waals surface area (Å²) in [6.07, 6.45) is 7.09. The number of carbonyl (C=O) groups is 1. The molecule has 0 N–H and O–H groups in total. The van der Waals surface area contributed by atoms with Crippen LogP contribution < -0.4 is 0 Å². The van der Waals surface area contributed by atoms with Crippen LogP contribution in [-0.4, -0.2) is 51.2 Å². The normalized spacial score (nSPS) is 23.5. The first kappa shape index (κ1) is 16.3. The van der Waals surface area contributed by atoms with Gasteiger partial charge in [0.15, 0.2) is 0 Å². The molecule has 2 saturated heterocycles. The summed E-state index contributed by atoms with van der Waals surface area (Å²) in [4.78, 5) is 17.4. The van der Waals surface area contributed by atoms with Crippen molar-refractivity contribution >= 4 is 5.91 Å². The lowest BCUT2D eigenvalue weighted by Crippen LogP contribution is -2.51. The fourth-order valence-electron chi connectivity index (χ4n) is 4.50. The van der Waals surface area contributed by atoms with Gasteiger partial charge >= 0.3 is 0 Å². The van der Waals surface area contributed by atoms with Crippen molar-refractivity contribution in [1.29, 1.82) is 0 Å². The number of rotatable bonds is 3. The van der Waals surface area contributed by atoms with Crippen LogP contribution in [0.4, 0.5) is 0 Å². The number of hydrogen-bond acceptors (Lipinski definition) is 3. The molecule has 0 unspecified atom stereocenters. The van der Waals surface area contributed by atoms with Gasteiger partial charge in [-0.25, -0.2) is 0 Å². The van der Waals surface area contributed by atoms with E-state index in [0.717, 1.165) is 44.5 Å². The predicted molar refractivity (Wildman–Crippen MR) is 97.0 cm³/mol. The Labute approximate surface area is 149 Å². The Morgan fingerprint density at radius 2 is 1.88 bits per heavy atom. The number of aromatic nitrogens is 2. The summed E-state index contributed by atoms with van der Waals surface area (Å²) < 4.78 is 1.86. The lowest BCUT2D eigenvalue weighted by atomic mass is 9.81. The van der Waals surface area contributed by atoms with Crippen molar-refractivity contribution < 1.29 is 4.79 Å². The van der Waals surface area contributed by atoms with Gasteiger partial charge in [-0.1, -0.05) is 30.3 Å². The Hall–Kier alpha value is -2.14. The minimum atomic E-state index is 0.0241. The number of carbonyl (C=O) groups excluding carboxylic acids is 1. The standard InChI is InChI=1S/C20H26N4O/c1-22-14-16(13-21-22)15-24-10-8-20(9-11-24)12-18(19(25)23(20)2)17-6-4-3-5-7-17/h3-7,13-14,18H,8-12,15H2,1-2H3/t18-/m1/s1.